The number of carbonyl (C=O) groups is 2. The van der Waals surface area contributed by atoms with Gasteiger partial charge < -0.3 is 15.2 Å². The number of rotatable bonds is 6. The van der Waals surface area contributed by atoms with Crippen molar-refractivity contribution in [3.8, 4) is 5.75 Å². The number of ether oxygens (including phenoxy) is 1. The van der Waals surface area contributed by atoms with Gasteiger partial charge >= 0.3 is 5.97 Å². The second-order valence-corrected chi connectivity index (χ2v) is 8.17. The Labute approximate surface area is 170 Å². The molecule has 4 rings (SSSR count). The number of hydrogen-bond donors (Lipinski definition) is 2. The van der Waals surface area contributed by atoms with Gasteiger partial charge in [-0.2, -0.15) is 0 Å². The van der Waals surface area contributed by atoms with Crippen LogP contribution in [0.5, 0.6) is 5.75 Å². The third-order valence-corrected chi connectivity index (χ3v) is 6.08. The molecular formula is C24H25NO4. The number of phenolic OH excluding ortho intramolecular Hbond substituents is 1. The van der Waals surface area contributed by atoms with Gasteiger partial charge in [0.2, 0.25) is 5.91 Å². The molecule has 2 atom stereocenters. The second-order valence-electron chi connectivity index (χ2n) is 8.17. The van der Waals surface area contributed by atoms with Gasteiger partial charge in [0, 0.05) is 11.6 Å². The lowest BCUT2D eigenvalue weighted by atomic mass is 9.75. The van der Waals surface area contributed by atoms with E-state index in [1.807, 2.05) is 24.3 Å². The van der Waals surface area contributed by atoms with Crippen LogP contribution in [-0.4, -0.2) is 23.6 Å². The fraction of sp³-hybridized carbons (Fsp3) is 0.333. The number of anilines is 1. The van der Waals surface area contributed by atoms with Crippen molar-refractivity contribution in [3.63, 3.8) is 0 Å². The van der Waals surface area contributed by atoms with Gasteiger partial charge in [-0.3, -0.25) is 9.59 Å². The van der Waals surface area contributed by atoms with Crippen LogP contribution in [0.3, 0.4) is 0 Å². The first-order valence-electron chi connectivity index (χ1n) is 9.95. The maximum atomic E-state index is 12.4. The quantitative estimate of drug-likeness (QED) is 0.576. The lowest BCUT2D eigenvalue weighted by molar-refractivity contribution is -0.146. The maximum absolute atomic E-state index is 12.4. The van der Waals surface area contributed by atoms with E-state index in [0.29, 0.717) is 6.61 Å². The molecule has 29 heavy (non-hydrogen) atoms. The summed E-state index contributed by atoms with van der Waals surface area (Å²) in [4.78, 5) is 24.6. The van der Waals surface area contributed by atoms with Crippen molar-refractivity contribution in [2.45, 2.75) is 32.1 Å². The zero-order valence-electron chi connectivity index (χ0n) is 16.3. The number of amides is 1. The number of cyclic esters (lactones) is 1. The van der Waals surface area contributed by atoms with E-state index in [2.05, 4.69) is 11.9 Å². The minimum atomic E-state index is -0.398. The van der Waals surface area contributed by atoms with Crippen LogP contribution < -0.4 is 5.32 Å². The average Bonchev–Trinajstić information content (AvgIpc) is 3.16. The molecule has 1 saturated carbocycles. The number of esters is 1. The largest absolute Gasteiger partial charge is 0.508 e. The van der Waals surface area contributed by atoms with Crippen molar-refractivity contribution in [1.82, 2.24) is 0 Å². The first-order chi connectivity index (χ1) is 13.9. The molecule has 0 radical (unpaired) electrons. The Hall–Kier alpha value is -3.08. The van der Waals surface area contributed by atoms with Gasteiger partial charge in [-0.1, -0.05) is 36.4 Å². The highest BCUT2D eigenvalue weighted by Crippen LogP contribution is 2.53. The fourth-order valence-corrected chi connectivity index (χ4v) is 4.56. The standard InChI is InChI=1S/C24H25NO4/c1-16-11-19-15-29-23(28)24(19,14-16)10-9-17-5-7-20(8-6-17)25-22(27)13-18-3-2-4-21(26)12-18/h2-8,12,19,26H,1,9-11,13-15H2,(H,25,27)/t19-,24-/m1/s1. The van der Waals surface area contributed by atoms with Gasteiger partial charge in [0.25, 0.3) is 0 Å². The molecule has 2 N–H and O–H groups in total. The molecule has 1 saturated heterocycles. The van der Waals surface area contributed by atoms with E-state index in [0.717, 1.165) is 48.1 Å². The molecule has 0 spiro atoms. The minimum Gasteiger partial charge on any atom is -0.508 e. The maximum Gasteiger partial charge on any atom is 0.312 e. The molecule has 2 aromatic carbocycles. The van der Waals surface area contributed by atoms with Crippen molar-refractivity contribution in [1.29, 1.82) is 0 Å². The molecule has 1 heterocycles. The molecule has 1 amide bonds. The van der Waals surface area contributed by atoms with E-state index in [1.165, 1.54) is 0 Å². The first-order valence-corrected chi connectivity index (χ1v) is 9.95. The van der Waals surface area contributed by atoms with E-state index in [4.69, 9.17) is 4.74 Å². The summed E-state index contributed by atoms with van der Waals surface area (Å²) in [5.74, 6) is 0.206. The van der Waals surface area contributed by atoms with E-state index in [1.54, 1.807) is 24.3 Å². The predicted molar refractivity (Wildman–Crippen MR) is 110 cm³/mol. The van der Waals surface area contributed by atoms with Crippen LogP contribution in [0.4, 0.5) is 5.69 Å². The smallest absolute Gasteiger partial charge is 0.312 e. The number of phenols is 1. The summed E-state index contributed by atoms with van der Waals surface area (Å²) in [5, 5.41) is 12.4. The molecule has 150 valence electrons. The number of aryl methyl sites for hydroxylation is 1. The zero-order chi connectivity index (χ0) is 20.4. The normalized spacial score (nSPS) is 23.0. The van der Waals surface area contributed by atoms with Gasteiger partial charge in [0.05, 0.1) is 18.4 Å². The molecule has 2 aliphatic rings. The van der Waals surface area contributed by atoms with Crippen molar-refractivity contribution >= 4 is 17.6 Å². The molecule has 2 fully saturated rings. The number of carbonyl (C=O) groups excluding carboxylic acids is 2. The molecule has 0 unspecified atom stereocenters. The first kappa shape index (κ1) is 19.2. The highest BCUT2D eigenvalue weighted by Gasteiger charge is 2.55. The summed E-state index contributed by atoms with van der Waals surface area (Å²) in [6.45, 7) is 4.60. The lowest BCUT2D eigenvalue weighted by Crippen LogP contribution is -2.29. The second kappa shape index (κ2) is 7.74. The molecule has 2 aromatic rings. The van der Waals surface area contributed by atoms with Crippen molar-refractivity contribution in [2.75, 3.05) is 11.9 Å². The van der Waals surface area contributed by atoms with Crippen LogP contribution in [0.2, 0.25) is 0 Å². The van der Waals surface area contributed by atoms with Crippen LogP contribution in [0.15, 0.2) is 60.7 Å². The van der Waals surface area contributed by atoms with Gasteiger partial charge in [0.15, 0.2) is 0 Å². The molecule has 5 heteroatoms. The van der Waals surface area contributed by atoms with Crippen LogP contribution in [0.1, 0.15) is 30.4 Å². The Morgan fingerprint density at radius 2 is 2.00 bits per heavy atom. The van der Waals surface area contributed by atoms with Crippen LogP contribution in [0.25, 0.3) is 0 Å². The Morgan fingerprint density at radius 1 is 1.21 bits per heavy atom. The third-order valence-electron chi connectivity index (χ3n) is 6.08. The Balaban J connectivity index is 1.34. The third kappa shape index (κ3) is 4.04. The summed E-state index contributed by atoms with van der Waals surface area (Å²) in [5.41, 5.74) is 3.36. The summed E-state index contributed by atoms with van der Waals surface area (Å²) < 4.78 is 5.34. The van der Waals surface area contributed by atoms with E-state index in [-0.39, 0.29) is 30.0 Å². The van der Waals surface area contributed by atoms with Gasteiger partial charge in [0.1, 0.15) is 5.75 Å². The number of allylic oxidation sites excluding steroid dienone is 1. The Kier molecular flexibility index (Phi) is 5.14. The van der Waals surface area contributed by atoms with Gasteiger partial charge in [-0.05, 0) is 61.1 Å². The molecule has 0 aromatic heterocycles. The summed E-state index contributed by atoms with van der Waals surface area (Å²) in [7, 11) is 0. The van der Waals surface area contributed by atoms with E-state index >= 15 is 0 Å². The Bertz CT molecular complexity index is 950. The van der Waals surface area contributed by atoms with Crippen molar-refractivity contribution < 1.29 is 19.4 Å². The average molecular weight is 391 g/mol. The number of fused-ring (bicyclic) bond motifs is 1. The fourth-order valence-electron chi connectivity index (χ4n) is 4.56. The molecule has 5 nitrogen and oxygen atoms in total. The monoisotopic (exact) mass is 391 g/mol. The molecular weight excluding hydrogens is 366 g/mol. The summed E-state index contributed by atoms with van der Waals surface area (Å²) >= 11 is 0. The molecule has 0 bridgehead atoms. The number of nitrogens with one attached hydrogen (secondary N) is 1. The van der Waals surface area contributed by atoms with E-state index in [9.17, 15) is 14.7 Å². The van der Waals surface area contributed by atoms with Crippen LogP contribution >= 0.6 is 0 Å². The summed E-state index contributed by atoms with van der Waals surface area (Å²) in [6.07, 6.45) is 3.37. The van der Waals surface area contributed by atoms with E-state index < -0.39 is 5.41 Å². The van der Waals surface area contributed by atoms with Gasteiger partial charge in [-0.25, -0.2) is 0 Å². The zero-order valence-corrected chi connectivity index (χ0v) is 16.3. The van der Waals surface area contributed by atoms with Crippen LogP contribution in [-0.2, 0) is 27.2 Å². The van der Waals surface area contributed by atoms with Crippen molar-refractivity contribution in [2.24, 2.45) is 11.3 Å². The highest BCUT2D eigenvalue weighted by atomic mass is 16.5. The van der Waals surface area contributed by atoms with Crippen LogP contribution in [0, 0.1) is 11.3 Å². The molecule has 1 aliphatic heterocycles. The Morgan fingerprint density at radius 3 is 2.76 bits per heavy atom. The van der Waals surface area contributed by atoms with Crippen molar-refractivity contribution in [3.05, 3.63) is 71.8 Å². The number of hydrogen-bond acceptors (Lipinski definition) is 4. The topological polar surface area (TPSA) is 75.6 Å². The predicted octanol–water partition coefficient (Wildman–Crippen LogP) is 4.02. The summed E-state index contributed by atoms with van der Waals surface area (Å²) in [6, 6.07) is 14.4. The lowest BCUT2D eigenvalue weighted by Gasteiger charge is -2.23. The van der Waals surface area contributed by atoms with Gasteiger partial charge in [-0.15, -0.1) is 0 Å². The molecule has 1 aliphatic carbocycles. The minimum absolute atomic E-state index is 0.0722. The number of aromatic hydroxyl groups is 1. The number of benzene rings is 2. The highest BCUT2D eigenvalue weighted by molar-refractivity contribution is 5.92. The SMILES string of the molecule is C=C1C[C@@H]2COC(=O)[C@]2(CCc2ccc(NC(=O)Cc3cccc(O)c3)cc2)C1.